The third kappa shape index (κ3) is 3.92. The molecule has 180 valence electrons. The molecule has 3 N–H and O–H groups in total. The number of hydrogen-bond acceptors (Lipinski definition) is 7. The smallest absolute Gasteiger partial charge is 0.324 e. The van der Waals surface area contributed by atoms with Crippen molar-refractivity contribution in [3.8, 4) is 11.5 Å². The van der Waals surface area contributed by atoms with Crippen molar-refractivity contribution in [3.05, 3.63) is 59.7 Å². The molecule has 4 rings (SSSR count). The molecule has 2 amide bonds. The van der Waals surface area contributed by atoms with Crippen LogP contribution in [0.5, 0.6) is 11.5 Å². The second kappa shape index (κ2) is 9.68. The fourth-order valence-electron chi connectivity index (χ4n) is 5.11. The van der Waals surface area contributed by atoms with Crippen LogP contribution in [0.15, 0.2) is 48.5 Å². The number of phenolic OH excluding ortho intramolecular Hbond substituents is 1. The number of likely N-dealkylation sites (tertiary alicyclic amines) is 1. The molecule has 2 aromatic rings. The fourth-order valence-corrected chi connectivity index (χ4v) is 5.64. The summed E-state index contributed by atoms with van der Waals surface area (Å²) in [5.74, 6) is -3.60. The lowest BCUT2D eigenvalue weighted by molar-refractivity contribution is -0.151. The van der Waals surface area contributed by atoms with E-state index in [1.807, 2.05) is 36.6 Å². The molecule has 2 aliphatic heterocycles. The van der Waals surface area contributed by atoms with Crippen LogP contribution in [0.3, 0.4) is 0 Å². The second-order valence-electron chi connectivity index (χ2n) is 8.52. The van der Waals surface area contributed by atoms with Crippen LogP contribution in [-0.4, -0.2) is 57.1 Å². The topological polar surface area (TPSA) is 116 Å². The van der Waals surface area contributed by atoms with E-state index in [9.17, 15) is 24.6 Å². The average Bonchev–Trinajstić information content (AvgIpc) is 3.30. The Morgan fingerprint density at radius 1 is 1.15 bits per heavy atom. The molecule has 34 heavy (non-hydrogen) atoms. The number of imide groups is 1. The average molecular weight is 485 g/mol. The van der Waals surface area contributed by atoms with Crippen molar-refractivity contribution in [3.63, 3.8) is 0 Å². The van der Waals surface area contributed by atoms with Gasteiger partial charge in [0.05, 0.1) is 25.0 Å². The summed E-state index contributed by atoms with van der Waals surface area (Å²) < 4.78 is 5.50. The van der Waals surface area contributed by atoms with Gasteiger partial charge in [0.2, 0.25) is 11.8 Å². The largest absolute Gasteiger partial charge is 0.504 e. The van der Waals surface area contributed by atoms with E-state index < -0.39 is 41.2 Å². The lowest BCUT2D eigenvalue weighted by Crippen LogP contribution is -2.56. The van der Waals surface area contributed by atoms with E-state index in [4.69, 9.17) is 4.74 Å². The van der Waals surface area contributed by atoms with Gasteiger partial charge in [0.15, 0.2) is 11.5 Å². The minimum absolute atomic E-state index is 0.0709. The maximum atomic E-state index is 13.6. The van der Waals surface area contributed by atoms with E-state index in [0.717, 1.165) is 5.56 Å². The van der Waals surface area contributed by atoms with E-state index >= 15 is 0 Å². The molecule has 0 bridgehead atoms. The van der Waals surface area contributed by atoms with Crippen molar-refractivity contribution in [2.24, 2.45) is 11.8 Å². The highest BCUT2D eigenvalue weighted by Crippen LogP contribution is 2.52. The highest BCUT2D eigenvalue weighted by Gasteiger charge is 2.68. The van der Waals surface area contributed by atoms with Crippen molar-refractivity contribution in [1.82, 2.24) is 10.2 Å². The number of nitrogens with zero attached hydrogens (tertiary/aromatic N) is 1. The Morgan fingerprint density at radius 3 is 2.53 bits per heavy atom. The summed E-state index contributed by atoms with van der Waals surface area (Å²) in [4.78, 5) is 41.1. The first-order valence-electron chi connectivity index (χ1n) is 11.2. The zero-order valence-corrected chi connectivity index (χ0v) is 19.9. The number of carboxylic acid groups (broad SMARTS) is 1. The van der Waals surface area contributed by atoms with E-state index in [1.165, 1.54) is 16.7 Å². The van der Waals surface area contributed by atoms with Gasteiger partial charge in [0.1, 0.15) is 5.54 Å². The molecular formula is C25H28N2O6S. The van der Waals surface area contributed by atoms with E-state index in [-0.39, 0.29) is 24.5 Å². The molecular weight excluding hydrogens is 456 g/mol. The van der Waals surface area contributed by atoms with Crippen LogP contribution in [0.4, 0.5) is 0 Å². The zero-order chi connectivity index (χ0) is 24.5. The Hall–Kier alpha value is -3.04. The van der Waals surface area contributed by atoms with Gasteiger partial charge in [-0.15, -0.1) is 0 Å². The van der Waals surface area contributed by atoms with E-state index in [2.05, 4.69) is 5.32 Å². The number of carboxylic acids is 1. The standard InChI is InChI=1S/C25H28N2O6S/c1-3-33-17-11-7-10-16(21(17)28)20-18-19(25(26-20,24(31)32)12-13-34-2)23(30)27(22(18)29)14-15-8-5-4-6-9-15/h4-11,18-20,26,28H,3,12-14H2,1-2H3,(H,31,32)/t18-,19-,20-,25-/m0/s1. The van der Waals surface area contributed by atoms with Crippen molar-refractivity contribution in [2.75, 3.05) is 18.6 Å². The van der Waals surface area contributed by atoms with Crippen molar-refractivity contribution < 1.29 is 29.3 Å². The number of nitrogens with one attached hydrogen (secondary N) is 1. The third-order valence-corrected chi connectivity index (χ3v) is 7.29. The summed E-state index contributed by atoms with van der Waals surface area (Å²) in [6.07, 6.45) is 2.02. The number of aromatic hydroxyl groups is 1. The fraction of sp³-hybridized carbons (Fsp3) is 0.400. The van der Waals surface area contributed by atoms with Gasteiger partial charge in [0, 0.05) is 11.6 Å². The number of thioether (sulfide) groups is 1. The first-order valence-corrected chi connectivity index (χ1v) is 12.6. The van der Waals surface area contributed by atoms with Crippen LogP contribution in [0.2, 0.25) is 0 Å². The summed E-state index contributed by atoms with van der Waals surface area (Å²) in [5, 5.41) is 24.4. The number of amides is 2. The molecule has 0 spiro atoms. The molecule has 8 nitrogen and oxygen atoms in total. The van der Waals surface area contributed by atoms with Crippen LogP contribution >= 0.6 is 11.8 Å². The third-order valence-electron chi connectivity index (χ3n) is 6.68. The minimum Gasteiger partial charge on any atom is -0.504 e. The monoisotopic (exact) mass is 484 g/mol. The Balaban J connectivity index is 1.81. The van der Waals surface area contributed by atoms with Crippen LogP contribution < -0.4 is 10.1 Å². The highest BCUT2D eigenvalue weighted by molar-refractivity contribution is 7.98. The normalized spacial score (nSPS) is 26.1. The van der Waals surface area contributed by atoms with Gasteiger partial charge in [-0.1, -0.05) is 42.5 Å². The molecule has 2 saturated heterocycles. The van der Waals surface area contributed by atoms with Crippen LogP contribution in [0.1, 0.15) is 30.5 Å². The molecule has 0 radical (unpaired) electrons. The van der Waals surface area contributed by atoms with Gasteiger partial charge >= 0.3 is 5.97 Å². The summed E-state index contributed by atoms with van der Waals surface area (Å²) in [7, 11) is 0. The predicted octanol–water partition coefficient (Wildman–Crippen LogP) is 2.81. The lowest BCUT2D eigenvalue weighted by atomic mass is 9.78. The number of carbonyl (C=O) groups is 3. The van der Waals surface area contributed by atoms with Crippen molar-refractivity contribution in [1.29, 1.82) is 0 Å². The first-order chi connectivity index (χ1) is 16.4. The zero-order valence-electron chi connectivity index (χ0n) is 19.1. The summed E-state index contributed by atoms with van der Waals surface area (Å²) >= 11 is 1.47. The number of aliphatic carboxylic acids is 1. The molecule has 0 unspecified atom stereocenters. The summed E-state index contributed by atoms with van der Waals surface area (Å²) in [6.45, 7) is 2.19. The lowest BCUT2D eigenvalue weighted by Gasteiger charge is -2.31. The maximum absolute atomic E-state index is 13.6. The Morgan fingerprint density at radius 2 is 1.88 bits per heavy atom. The molecule has 0 aromatic heterocycles. The van der Waals surface area contributed by atoms with Gasteiger partial charge in [0.25, 0.3) is 0 Å². The number of rotatable bonds is 9. The second-order valence-corrected chi connectivity index (χ2v) is 9.51. The Bertz CT molecular complexity index is 1090. The number of hydrogen-bond donors (Lipinski definition) is 3. The van der Waals surface area contributed by atoms with Gasteiger partial charge in [-0.05, 0) is 37.0 Å². The SMILES string of the molecule is CCOc1cccc([C@@H]2N[C@](CCSC)(C(=O)O)[C@@H]3C(=O)N(Cc4ccccc4)C(=O)[C@@H]32)c1O. The van der Waals surface area contributed by atoms with Crippen LogP contribution in [0, 0.1) is 11.8 Å². The van der Waals surface area contributed by atoms with Gasteiger partial charge in [-0.25, -0.2) is 0 Å². The molecule has 0 saturated carbocycles. The highest BCUT2D eigenvalue weighted by atomic mass is 32.2. The van der Waals surface area contributed by atoms with Gasteiger partial charge < -0.3 is 14.9 Å². The van der Waals surface area contributed by atoms with Crippen LogP contribution in [0.25, 0.3) is 0 Å². The molecule has 2 aliphatic rings. The van der Waals surface area contributed by atoms with E-state index in [1.54, 1.807) is 25.1 Å². The molecule has 2 aromatic carbocycles. The first kappa shape index (κ1) is 24.1. The Labute approximate surface area is 202 Å². The summed E-state index contributed by atoms with van der Waals surface area (Å²) in [6, 6.07) is 13.2. The quantitative estimate of drug-likeness (QED) is 0.466. The summed E-state index contributed by atoms with van der Waals surface area (Å²) in [5.41, 5.74) is -0.513. The predicted molar refractivity (Wildman–Crippen MR) is 127 cm³/mol. The molecule has 2 fully saturated rings. The molecule has 0 aliphatic carbocycles. The molecule has 9 heteroatoms. The van der Waals surface area contributed by atoms with Crippen LogP contribution in [-0.2, 0) is 20.9 Å². The number of carbonyl (C=O) groups excluding carboxylic acids is 2. The van der Waals surface area contributed by atoms with Gasteiger partial charge in [-0.3, -0.25) is 24.6 Å². The van der Waals surface area contributed by atoms with Gasteiger partial charge in [-0.2, -0.15) is 11.8 Å². The molecule has 2 heterocycles. The number of phenols is 1. The van der Waals surface area contributed by atoms with Crippen molar-refractivity contribution >= 4 is 29.5 Å². The number of fused-ring (bicyclic) bond motifs is 1. The maximum Gasteiger partial charge on any atom is 0.324 e. The van der Waals surface area contributed by atoms with E-state index in [0.29, 0.717) is 17.9 Å². The van der Waals surface area contributed by atoms with Crippen molar-refractivity contribution in [2.45, 2.75) is 31.5 Å². The number of para-hydroxylation sites is 1. The Kier molecular flexibility index (Phi) is 6.86. The molecule has 4 atom stereocenters. The number of benzene rings is 2. The minimum atomic E-state index is -1.63. The number of ether oxygens (including phenoxy) is 1.